The molecule has 0 saturated heterocycles. The molecule has 0 aliphatic carbocycles. The van der Waals surface area contributed by atoms with E-state index in [1.807, 2.05) is 61.2 Å². The van der Waals surface area contributed by atoms with Crippen LogP contribution < -0.4 is 16.0 Å². The second-order valence-electron chi connectivity index (χ2n) is 7.30. The summed E-state index contributed by atoms with van der Waals surface area (Å²) in [5.41, 5.74) is 0.871. The van der Waals surface area contributed by atoms with Crippen molar-refractivity contribution in [2.75, 3.05) is 33.7 Å². The Balaban J connectivity index is 0.00000625. The Morgan fingerprint density at radius 3 is 2.46 bits per heavy atom. The number of hydrogen-bond donors (Lipinski definition) is 3. The van der Waals surface area contributed by atoms with Gasteiger partial charge in [-0.15, -0.1) is 24.0 Å². The summed E-state index contributed by atoms with van der Waals surface area (Å²) in [7, 11) is 5.96. The SMILES string of the molecule is CCNC(=NCC(=O)NC(C)(C)C)NCC(c1cnn(C)c1)N(C)C.I. The summed E-state index contributed by atoms with van der Waals surface area (Å²) in [6.45, 7) is 9.33. The van der Waals surface area contributed by atoms with E-state index >= 15 is 0 Å². The fourth-order valence-corrected chi connectivity index (χ4v) is 2.35. The average Bonchev–Trinajstić information content (AvgIpc) is 2.89. The van der Waals surface area contributed by atoms with Gasteiger partial charge in [-0.05, 0) is 41.8 Å². The third-order valence-electron chi connectivity index (χ3n) is 3.44. The number of hydrogen-bond acceptors (Lipinski definition) is 4. The predicted octanol–water partition coefficient (Wildman–Crippen LogP) is 1.11. The van der Waals surface area contributed by atoms with Gasteiger partial charge in [0, 0.05) is 37.4 Å². The van der Waals surface area contributed by atoms with Crippen molar-refractivity contribution in [3.63, 3.8) is 0 Å². The Hall–Kier alpha value is -1.36. The Morgan fingerprint density at radius 1 is 1.35 bits per heavy atom. The zero-order valence-corrected chi connectivity index (χ0v) is 19.3. The largest absolute Gasteiger partial charge is 0.357 e. The second-order valence-corrected chi connectivity index (χ2v) is 7.30. The van der Waals surface area contributed by atoms with Crippen molar-refractivity contribution in [1.29, 1.82) is 0 Å². The molecule has 0 saturated carbocycles. The van der Waals surface area contributed by atoms with Crippen LogP contribution >= 0.6 is 24.0 Å². The van der Waals surface area contributed by atoms with E-state index in [-0.39, 0.29) is 48.0 Å². The number of carbonyl (C=O) groups is 1. The lowest BCUT2D eigenvalue weighted by atomic mass is 10.1. The number of likely N-dealkylation sites (N-methyl/N-ethyl adjacent to an activating group) is 1. The molecule has 1 rings (SSSR count). The molecule has 3 N–H and O–H groups in total. The number of rotatable bonds is 7. The van der Waals surface area contributed by atoms with Gasteiger partial charge in [-0.25, -0.2) is 4.99 Å². The van der Waals surface area contributed by atoms with E-state index in [9.17, 15) is 4.79 Å². The van der Waals surface area contributed by atoms with Crippen LogP contribution in [0.15, 0.2) is 17.4 Å². The maximum Gasteiger partial charge on any atom is 0.242 e. The van der Waals surface area contributed by atoms with Gasteiger partial charge >= 0.3 is 0 Å². The molecule has 0 fully saturated rings. The predicted molar refractivity (Wildman–Crippen MR) is 117 cm³/mol. The smallest absolute Gasteiger partial charge is 0.242 e. The summed E-state index contributed by atoms with van der Waals surface area (Å²) in [4.78, 5) is 18.4. The molecule has 8 nitrogen and oxygen atoms in total. The van der Waals surface area contributed by atoms with E-state index in [1.54, 1.807) is 4.68 Å². The first-order valence-corrected chi connectivity index (χ1v) is 8.60. The Morgan fingerprint density at radius 2 is 2.00 bits per heavy atom. The highest BCUT2D eigenvalue weighted by atomic mass is 127. The van der Waals surface area contributed by atoms with Crippen molar-refractivity contribution < 1.29 is 4.79 Å². The maximum atomic E-state index is 11.9. The normalized spacial score (nSPS) is 13.2. The lowest BCUT2D eigenvalue weighted by Gasteiger charge is -2.24. The summed E-state index contributed by atoms with van der Waals surface area (Å²) in [5.74, 6) is 0.531. The molecule has 150 valence electrons. The third-order valence-corrected chi connectivity index (χ3v) is 3.44. The minimum atomic E-state index is -0.255. The van der Waals surface area contributed by atoms with Gasteiger partial charge in [0.05, 0.1) is 12.2 Å². The molecule has 1 aromatic heterocycles. The molecule has 0 aliphatic heterocycles. The summed E-state index contributed by atoms with van der Waals surface area (Å²) in [6.07, 6.45) is 3.88. The molecular formula is C17H34IN7O. The highest BCUT2D eigenvalue weighted by Crippen LogP contribution is 2.15. The number of aromatic nitrogens is 2. The van der Waals surface area contributed by atoms with E-state index in [1.165, 1.54) is 0 Å². The van der Waals surface area contributed by atoms with Crippen LogP contribution in [0.25, 0.3) is 0 Å². The molecule has 1 amide bonds. The van der Waals surface area contributed by atoms with Crippen LogP contribution in [0, 0.1) is 0 Å². The van der Waals surface area contributed by atoms with Crippen LogP contribution in [0.3, 0.4) is 0 Å². The molecule has 0 aliphatic rings. The lowest BCUT2D eigenvalue weighted by Crippen LogP contribution is -2.44. The fourth-order valence-electron chi connectivity index (χ4n) is 2.35. The molecule has 26 heavy (non-hydrogen) atoms. The fraction of sp³-hybridized carbons (Fsp3) is 0.706. The van der Waals surface area contributed by atoms with Crippen molar-refractivity contribution in [2.45, 2.75) is 39.3 Å². The van der Waals surface area contributed by atoms with Crippen molar-refractivity contribution in [3.05, 3.63) is 18.0 Å². The van der Waals surface area contributed by atoms with Gasteiger partial charge < -0.3 is 20.9 Å². The minimum Gasteiger partial charge on any atom is -0.357 e. The van der Waals surface area contributed by atoms with E-state index in [2.05, 4.69) is 30.9 Å². The van der Waals surface area contributed by atoms with E-state index in [4.69, 9.17) is 0 Å². The zero-order chi connectivity index (χ0) is 19.0. The van der Waals surface area contributed by atoms with Crippen LogP contribution in [-0.4, -0.2) is 65.8 Å². The standard InChI is InChI=1S/C17H33N7O.HI/c1-8-18-16(20-11-15(25)22-17(2,3)4)19-10-14(23(5)6)13-9-21-24(7)12-13;/h9,12,14H,8,10-11H2,1-7H3,(H,22,25)(H2,18,19,20);1H. The number of nitrogens with zero attached hydrogens (tertiary/aromatic N) is 4. The first-order chi connectivity index (χ1) is 11.6. The monoisotopic (exact) mass is 479 g/mol. The number of halogens is 1. The third kappa shape index (κ3) is 9.37. The van der Waals surface area contributed by atoms with E-state index < -0.39 is 0 Å². The Kier molecular flexibility index (Phi) is 10.8. The highest BCUT2D eigenvalue weighted by Gasteiger charge is 2.17. The average molecular weight is 479 g/mol. The molecule has 0 radical (unpaired) electrons. The topological polar surface area (TPSA) is 86.6 Å². The number of carbonyl (C=O) groups excluding carboxylic acids is 1. The molecule has 0 bridgehead atoms. The van der Waals surface area contributed by atoms with Gasteiger partial charge in [-0.1, -0.05) is 0 Å². The zero-order valence-electron chi connectivity index (χ0n) is 17.0. The first kappa shape index (κ1) is 24.6. The number of aryl methyl sites for hydroxylation is 1. The van der Waals surface area contributed by atoms with Crippen LogP contribution in [0.2, 0.25) is 0 Å². The molecule has 0 aromatic carbocycles. The highest BCUT2D eigenvalue weighted by molar-refractivity contribution is 14.0. The maximum absolute atomic E-state index is 11.9. The molecule has 9 heteroatoms. The van der Waals surface area contributed by atoms with Crippen LogP contribution in [0.4, 0.5) is 0 Å². The Bertz CT molecular complexity index is 578. The van der Waals surface area contributed by atoms with Gasteiger partial charge in [0.1, 0.15) is 6.54 Å². The summed E-state index contributed by atoms with van der Waals surface area (Å²) < 4.78 is 1.79. The van der Waals surface area contributed by atoms with Crippen LogP contribution in [0.1, 0.15) is 39.3 Å². The van der Waals surface area contributed by atoms with Gasteiger partial charge in [-0.2, -0.15) is 5.10 Å². The molecule has 0 spiro atoms. The van der Waals surface area contributed by atoms with Gasteiger partial charge in [0.2, 0.25) is 5.91 Å². The van der Waals surface area contributed by atoms with Crippen molar-refractivity contribution in [3.8, 4) is 0 Å². The van der Waals surface area contributed by atoms with Crippen molar-refractivity contribution in [2.24, 2.45) is 12.0 Å². The number of amides is 1. The minimum absolute atomic E-state index is 0. The van der Waals surface area contributed by atoms with Crippen molar-refractivity contribution in [1.82, 2.24) is 30.6 Å². The van der Waals surface area contributed by atoms with Gasteiger partial charge in [0.15, 0.2) is 5.96 Å². The second kappa shape index (κ2) is 11.4. The number of guanidine groups is 1. The first-order valence-electron chi connectivity index (χ1n) is 8.60. The number of aliphatic imine (C=N–C) groups is 1. The molecular weight excluding hydrogens is 445 g/mol. The van der Waals surface area contributed by atoms with Crippen LogP contribution in [-0.2, 0) is 11.8 Å². The van der Waals surface area contributed by atoms with Crippen molar-refractivity contribution >= 4 is 35.8 Å². The Labute approximate surface area is 174 Å². The quantitative estimate of drug-likeness (QED) is 0.310. The molecule has 1 unspecified atom stereocenters. The molecule has 1 heterocycles. The summed E-state index contributed by atoms with van der Waals surface area (Å²) in [5, 5.41) is 13.6. The van der Waals surface area contributed by atoms with E-state index in [0.29, 0.717) is 12.5 Å². The van der Waals surface area contributed by atoms with E-state index in [0.717, 1.165) is 12.1 Å². The van der Waals surface area contributed by atoms with Crippen LogP contribution in [0.5, 0.6) is 0 Å². The molecule has 1 atom stereocenters. The number of nitrogens with one attached hydrogen (secondary N) is 3. The van der Waals surface area contributed by atoms with Gasteiger partial charge in [0.25, 0.3) is 0 Å². The van der Waals surface area contributed by atoms with Gasteiger partial charge in [-0.3, -0.25) is 9.48 Å². The summed E-state index contributed by atoms with van der Waals surface area (Å²) in [6, 6.07) is 0.154. The molecule has 1 aromatic rings. The lowest BCUT2D eigenvalue weighted by molar-refractivity contribution is -0.121. The summed E-state index contributed by atoms with van der Waals surface area (Å²) >= 11 is 0.